The van der Waals surface area contributed by atoms with Crippen molar-refractivity contribution in [1.29, 1.82) is 0 Å². The third-order valence-electron chi connectivity index (χ3n) is 5.28. The van der Waals surface area contributed by atoms with Crippen LogP contribution in [0.1, 0.15) is 26.2 Å². The van der Waals surface area contributed by atoms with E-state index in [4.69, 9.17) is 5.73 Å². The summed E-state index contributed by atoms with van der Waals surface area (Å²) in [6.45, 7) is 6.67. The molecule has 3 fully saturated rings. The molecule has 2 saturated carbocycles. The smallest absolute Gasteiger partial charge is 0.226 e. The lowest BCUT2D eigenvalue weighted by atomic mass is 10.1. The molecule has 3 atom stereocenters. The monoisotopic (exact) mass is 251 g/mol. The van der Waals surface area contributed by atoms with Crippen LogP contribution >= 0.6 is 0 Å². The van der Waals surface area contributed by atoms with Crippen molar-refractivity contribution in [3.63, 3.8) is 0 Å². The molecule has 18 heavy (non-hydrogen) atoms. The van der Waals surface area contributed by atoms with Crippen molar-refractivity contribution in [3.05, 3.63) is 0 Å². The van der Waals surface area contributed by atoms with Crippen LogP contribution in [0.25, 0.3) is 0 Å². The topological polar surface area (TPSA) is 49.6 Å². The highest BCUT2D eigenvalue weighted by Gasteiger charge is 2.57. The molecule has 102 valence electrons. The van der Waals surface area contributed by atoms with Crippen molar-refractivity contribution in [2.24, 2.45) is 23.5 Å². The molecule has 0 bridgehead atoms. The average molecular weight is 251 g/mol. The lowest BCUT2D eigenvalue weighted by molar-refractivity contribution is -0.135. The first-order valence-corrected chi connectivity index (χ1v) is 7.45. The summed E-state index contributed by atoms with van der Waals surface area (Å²) in [7, 11) is 0. The van der Waals surface area contributed by atoms with Crippen LogP contribution in [-0.2, 0) is 4.79 Å². The highest BCUT2D eigenvalue weighted by molar-refractivity contribution is 5.82. The first kappa shape index (κ1) is 12.4. The minimum atomic E-state index is 0.400. The maximum absolute atomic E-state index is 12.4. The summed E-state index contributed by atoms with van der Waals surface area (Å²) in [5.41, 5.74) is 5.70. The van der Waals surface area contributed by atoms with E-state index in [1.165, 1.54) is 19.3 Å². The first-order chi connectivity index (χ1) is 8.72. The summed E-state index contributed by atoms with van der Waals surface area (Å²) in [6, 6.07) is 0.447. The lowest BCUT2D eigenvalue weighted by Gasteiger charge is -2.38. The fourth-order valence-corrected chi connectivity index (χ4v) is 3.93. The molecule has 1 saturated heterocycles. The minimum Gasteiger partial charge on any atom is -0.340 e. The number of hydrogen-bond acceptors (Lipinski definition) is 3. The summed E-state index contributed by atoms with van der Waals surface area (Å²) < 4.78 is 0. The summed E-state index contributed by atoms with van der Waals surface area (Å²) >= 11 is 0. The number of amides is 1. The van der Waals surface area contributed by atoms with E-state index in [2.05, 4.69) is 16.7 Å². The van der Waals surface area contributed by atoms with Crippen molar-refractivity contribution < 1.29 is 4.79 Å². The molecule has 3 rings (SSSR count). The summed E-state index contributed by atoms with van der Waals surface area (Å²) in [6.07, 6.45) is 3.94. The minimum absolute atomic E-state index is 0.400. The fourth-order valence-electron chi connectivity index (χ4n) is 3.93. The molecule has 3 unspecified atom stereocenters. The standard InChI is InChI=1S/C14H25N3O/c1-10(9-15)16-5-7-17(8-6-16)14(18)13-11-3-2-4-12(11)13/h10-13H,2-9,15H2,1H3. The van der Waals surface area contributed by atoms with Crippen LogP contribution in [0.4, 0.5) is 0 Å². The third kappa shape index (κ3) is 2.05. The number of nitrogens with zero attached hydrogens (tertiary/aromatic N) is 2. The molecule has 1 amide bonds. The van der Waals surface area contributed by atoms with Crippen LogP contribution in [0, 0.1) is 17.8 Å². The summed E-state index contributed by atoms with van der Waals surface area (Å²) in [4.78, 5) is 16.9. The van der Waals surface area contributed by atoms with Gasteiger partial charge in [-0.2, -0.15) is 0 Å². The van der Waals surface area contributed by atoms with Gasteiger partial charge in [-0.1, -0.05) is 6.42 Å². The fraction of sp³-hybridized carbons (Fsp3) is 0.929. The Labute approximate surface area is 109 Å². The number of hydrogen-bond donors (Lipinski definition) is 1. The van der Waals surface area contributed by atoms with Gasteiger partial charge < -0.3 is 10.6 Å². The predicted octanol–water partition coefficient (Wildman–Crippen LogP) is 0.524. The van der Waals surface area contributed by atoms with Crippen LogP contribution in [0.2, 0.25) is 0 Å². The highest BCUT2D eigenvalue weighted by atomic mass is 16.2. The average Bonchev–Trinajstić information content (AvgIpc) is 2.89. The molecular formula is C14H25N3O. The Kier molecular flexibility index (Phi) is 3.32. The van der Waals surface area contributed by atoms with E-state index in [1.807, 2.05) is 0 Å². The van der Waals surface area contributed by atoms with Gasteiger partial charge in [0.1, 0.15) is 0 Å². The van der Waals surface area contributed by atoms with Crippen LogP contribution in [0.5, 0.6) is 0 Å². The molecule has 4 nitrogen and oxygen atoms in total. The van der Waals surface area contributed by atoms with Crippen molar-refractivity contribution >= 4 is 5.91 Å². The summed E-state index contributed by atoms with van der Waals surface area (Å²) in [5, 5.41) is 0. The molecule has 1 heterocycles. The molecular weight excluding hydrogens is 226 g/mol. The second kappa shape index (κ2) is 4.82. The Bertz CT molecular complexity index is 315. The van der Waals surface area contributed by atoms with Gasteiger partial charge in [0.2, 0.25) is 5.91 Å². The predicted molar refractivity (Wildman–Crippen MR) is 71.0 cm³/mol. The third-order valence-corrected chi connectivity index (χ3v) is 5.28. The largest absolute Gasteiger partial charge is 0.340 e. The van der Waals surface area contributed by atoms with E-state index in [0.717, 1.165) is 38.0 Å². The molecule has 0 aromatic carbocycles. The molecule has 3 aliphatic rings. The molecule has 0 radical (unpaired) electrons. The molecule has 2 aliphatic carbocycles. The summed E-state index contributed by atoms with van der Waals surface area (Å²) in [5.74, 6) is 2.35. The van der Waals surface area contributed by atoms with E-state index in [0.29, 0.717) is 24.4 Å². The van der Waals surface area contributed by atoms with Crippen LogP contribution in [0.15, 0.2) is 0 Å². The van der Waals surface area contributed by atoms with Crippen LogP contribution in [0.3, 0.4) is 0 Å². The number of fused-ring (bicyclic) bond motifs is 1. The quantitative estimate of drug-likeness (QED) is 0.796. The molecule has 4 heteroatoms. The lowest BCUT2D eigenvalue weighted by Crippen LogP contribution is -2.53. The first-order valence-electron chi connectivity index (χ1n) is 7.45. The van der Waals surface area contributed by atoms with Gasteiger partial charge in [0.15, 0.2) is 0 Å². The van der Waals surface area contributed by atoms with Crippen molar-refractivity contribution in [2.45, 2.75) is 32.2 Å². The number of nitrogens with two attached hydrogens (primary N) is 1. The number of carbonyl (C=O) groups excluding carboxylic acids is 1. The van der Waals surface area contributed by atoms with Gasteiger partial charge in [-0.15, -0.1) is 0 Å². The van der Waals surface area contributed by atoms with Gasteiger partial charge >= 0.3 is 0 Å². The van der Waals surface area contributed by atoms with Crippen molar-refractivity contribution in [1.82, 2.24) is 9.80 Å². The van der Waals surface area contributed by atoms with Crippen molar-refractivity contribution in [3.8, 4) is 0 Å². The van der Waals surface area contributed by atoms with E-state index in [-0.39, 0.29) is 0 Å². The number of piperazine rings is 1. The molecule has 1 aliphatic heterocycles. The van der Waals surface area contributed by atoms with Gasteiger partial charge in [0.25, 0.3) is 0 Å². The Hall–Kier alpha value is -0.610. The van der Waals surface area contributed by atoms with Crippen molar-refractivity contribution in [2.75, 3.05) is 32.7 Å². The van der Waals surface area contributed by atoms with Crippen LogP contribution < -0.4 is 5.73 Å². The van der Waals surface area contributed by atoms with E-state index in [1.54, 1.807) is 0 Å². The maximum atomic E-state index is 12.4. The second-order valence-corrected chi connectivity index (χ2v) is 6.23. The highest BCUT2D eigenvalue weighted by Crippen LogP contribution is 2.58. The normalized spacial score (nSPS) is 37.4. The Morgan fingerprint density at radius 2 is 1.83 bits per heavy atom. The van der Waals surface area contributed by atoms with E-state index in [9.17, 15) is 4.79 Å². The molecule has 0 aromatic heterocycles. The zero-order valence-electron chi connectivity index (χ0n) is 11.3. The van der Waals surface area contributed by atoms with Gasteiger partial charge in [0.05, 0.1) is 0 Å². The van der Waals surface area contributed by atoms with Gasteiger partial charge in [-0.05, 0) is 31.6 Å². The van der Waals surface area contributed by atoms with Gasteiger partial charge in [-0.3, -0.25) is 9.69 Å². The van der Waals surface area contributed by atoms with E-state index >= 15 is 0 Å². The zero-order valence-corrected chi connectivity index (χ0v) is 11.3. The second-order valence-electron chi connectivity index (χ2n) is 6.23. The van der Waals surface area contributed by atoms with Gasteiger partial charge in [0, 0.05) is 44.7 Å². The van der Waals surface area contributed by atoms with E-state index < -0.39 is 0 Å². The molecule has 2 N–H and O–H groups in total. The van der Waals surface area contributed by atoms with Gasteiger partial charge in [-0.25, -0.2) is 0 Å². The Morgan fingerprint density at radius 1 is 1.22 bits per heavy atom. The SMILES string of the molecule is CC(CN)N1CCN(C(=O)C2C3CCCC32)CC1. The molecule has 0 aromatic rings. The Morgan fingerprint density at radius 3 is 2.39 bits per heavy atom. The molecule has 0 spiro atoms. The zero-order chi connectivity index (χ0) is 12.7. The number of carbonyl (C=O) groups is 1. The number of rotatable bonds is 3. The Balaban J connectivity index is 1.49. The maximum Gasteiger partial charge on any atom is 0.226 e. The van der Waals surface area contributed by atoms with Crippen LogP contribution in [-0.4, -0.2) is 54.5 Å².